The minimum Gasteiger partial charge on any atom is -0.462 e. The Morgan fingerprint density at radius 1 is 1.57 bits per heavy atom. The van der Waals surface area contributed by atoms with E-state index in [1.807, 2.05) is 13.0 Å². The molecule has 0 atom stereocenters. The monoisotopic (exact) mass is 210 g/mol. The van der Waals surface area contributed by atoms with Crippen LogP contribution in [-0.2, 0) is 10.2 Å². The van der Waals surface area contributed by atoms with Crippen LogP contribution in [0.15, 0.2) is 12.1 Å². The van der Waals surface area contributed by atoms with Crippen molar-refractivity contribution in [3.63, 3.8) is 0 Å². The first kappa shape index (κ1) is 9.71. The second-order valence-electron chi connectivity index (χ2n) is 3.95. The topological polar surface area (TPSA) is 26.3 Å². The van der Waals surface area contributed by atoms with Gasteiger partial charge in [-0.15, -0.1) is 11.3 Å². The average molecular weight is 210 g/mol. The SMILES string of the molecule is CCOC(=O)c1ccc(C2(C)CC2)s1. The number of thiophene rings is 1. The third kappa shape index (κ3) is 1.69. The predicted octanol–water partition coefficient (Wildman–Crippen LogP) is 2.98. The van der Waals surface area contributed by atoms with E-state index in [0.717, 1.165) is 4.88 Å². The Kier molecular flexibility index (Phi) is 2.35. The second-order valence-corrected chi connectivity index (χ2v) is 5.03. The van der Waals surface area contributed by atoms with Crippen LogP contribution in [0.3, 0.4) is 0 Å². The molecule has 1 aliphatic rings. The lowest BCUT2D eigenvalue weighted by atomic mass is 10.1. The van der Waals surface area contributed by atoms with Crippen LogP contribution >= 0.6 is 11.3 Å². The van der Waals surface area contributed by atoms with E-state index >= 15 is 0 Å². The van der Waals surface area contributed by atoms with E-state index in [2.05, 4.69) is 13.0 Å². The minimum atomic E-state index is -0.187. The molecule has 1 aromatic heterocycles. The zero-order valence-corrected chi connectivity index (χ0v) is 9.32. The number of hydrogen-bond donors (Lipinski definition) is 0. The molecule has 0 unspecified atom stereocenters. The maximum Gasteiger partial charge on any atom is 0.348 e. The molecular formula is C11H14O2S. The van der Waals surface area contributed by atoms with Crippen LogP contribution < -0.4 is 0 Å². The van der Waals surface area contributed by atoms with Crippen molar-refractivity contribution < 1.29 is 9.53 Å². The lowest BCUT2D eigenvalue weighted by molar-refractivity contribution is 0.0532. The van der Waals surface area contributed by atoms with E-state index in [1.54, 1.807) is 11.3 Å². The van der Waals surface area contributed by atoms with Crippen molar-refractivity contribution in [1.82, 2.24) is 0 Å². The van der Waals surface area contributed by atoms with Crippen molar-refractivity contribution >= 4 is 17.3 Å². The zero-order valence-electron chi connectivity index (χ0n) is 8.50. The first-order valence-electron chi connectivity index (χ1n) is 4.93. The number of hydrogen-bond acceptors (Lipinski definition) is 3. The summed E-state index contributed by atoms with van der Waals surface area (Å²) in [6, 6.07) is 3.94. The van der Waals surface area contributed by atoms with Gasteiger partial charge in [0.2, 0.25) is 0 Å². The van der Waals surface area contributed by atoms with Crippen LogP contribution in [0.2, 0.25) is 0 Å². The lowest BCUT2D eigenvalue weighted by Gasteiger charge is -2.02. The summed E-state index contributed by atoms with van der Waals surface area (Å²) in [5, 5.41) is 0. The molecule has 1 saturated carbocycles. The number of carbonyl (C=O) groups is 1. The van der Waals surface area contributed by atoms with Gasteiger partial charge < -0.3 is 4.74 Å². The van der Waals surface area contributed by atoms with Gasteiger partial charge in [-0.2, -0.15) is 0 Å². The Morgan fingerprint density at radius 3 is 2.86 bits per heavy atom. The van der Waals surface area contributed by atoms with E-state index in [9.17, 15) is 4.79 Å². The molecule has 2 rings (SSSR count). The van der Waals surface area contributed by atoms with Crippen LogP contribution in [0.4, 0.5) is 0 Å². The van der Waals surface area contributed by atoms with Crippen molar-refractivity contribution in [3.8, 4) is 0 Å². The van der Waals surface area contributed by atoms with Crippen LogP contribution in [0, 0.1) is 0 Å². The molecule has 3 heteroatoms. The molecule has 1 aliphatic carbocycles. The van der Waals surface area contributed by atoms with Gasteiger partial charge in [0.15, 0.2) is 0 Å². The first-order valence-corrected chi connectivity index (χ1v) is 5.75. The quantitative estimate of drug-likeness (QED) is 0.717. The van der Waals surface area contributed by atoms with Gasteiger partial charge in [-0.1, -0.05) is 6.92 Å². The molecule has 0 radical (unpaired) electrons. The Balaban J connectivity index is 2.13. The summed E-state index contributed by atoms with van der Waals surface area (Å²) >= 11 is 1.58. The lowest BCUT2D eigenvalue weighted by Crippen LogP contribution is -2.01. The minimum absolute atomic E-state index is 0.187. The van der Waals surface area contributed by atoms with E-state index < -0.39 is 0 Å². The highest BCUT2D eigenvalue weighted by molar-refractivity contribution is 7.14. The van der Waals surface area contributed by atoms with Crippen LogP contribution in [-0.4, -0.2) is 12.6 Å². The van der Waals surface area contributed by atoms with E-state index in [1.165, 1.54) is 17.7 Å². The number of carbonyl (C=O) groups excluding carboxylic acids is 1. The molecule has 14 heavy (non-hydrogen) atoms. The smallest absolute Gasteiger partial charge is 0.348 e. The van der Waals surface area contributed by atoms with Crippen LogP contribution in [0.5, 0.6) is 0 Å². The van der Waals surface area contributed by atoms with Crippen molar-refractivity contribution in [2.75, 3.05) is 6.61 Å². The molecule has 1 heterocycles. The molecule has 1 aromatic rings. The molecule has 0 bridgehead atoms. The fraction of sp³-hybridized carbons (Fsp3) is 0.545. The van der Waals surface area contributed by atoms with Gasteiger partial charge in [0.05, 0.1) is 6.61 Å². The molecule has 0 aromatic carbocycles. The van der Waals surface area contributed by atoms with Gasteiger partial charge in [-0.05, 0) is 31.9 Å². The highest BCUT2D eigenvalue weighted by Crippen LogP contribution is 2.49. The summed E-state index contributed by atoms with van der Waals surface area (Å²) in [7, 11) is 0. The molecule has 1 fully saturated rings. The van der Waals surface area contributed by atoms with Gasteiger partial charge in [0.25, 0.3) is 0 Å². The van der Waals surface area contributed by atoms with Crippen LogP contribution in [0.1, 0.15) is 41.2 Å². The maximum atomic E-state index is 11.4. The highest BCUT2D eigenvalue weighted by atomic mass is 32.1. The molecule has 0 N–H and O–H groups in total. The summed E-state index contributed by atoms with van der Waals surface area (Å²) in [4.78, 5) is 13.4. The molecule has 0 amide bonds. The second kappa shape index (κ2) is 3.39. The molecule has 0 saturated heterocycles. The molecule has 0 aliphatic heterocycles. The molecule has 2 nitrogen and oxygen atoms in total. The summed E-state index contributed by atoms with van der Waals surface area (Å²) in [5.74, 6) is -0.187. The van der Waals surface area contributed by atoms with Gasteiger partial charge >= 0.3 is 5.97 Å². The first-order chi connectivity index (χ1) is 6.65. The molecule has 0 spiro atoms. The number of esters is 1. The maximum absolute atomic E-state index is 11.4. The molecule has 76 valence electrons. The van der Waals surface area contributed by atoms with E-state index in [-0.39, 0.29) is 5.97 Å². The Hall–Kier alpha value is -0.830. The van der Waals surface area contributed by atoms with Crippen molar-refractivity contribution in [2.24, 2.45) is 0 Å². The van der Waals surface area contributed by atoms with Crippen LogP contribution in [0.25, 0.3) is 0 Å². The third-order valence-electron chi connectivity index (χ3n) is 2.68. The summed E-state index contributed by atoms with van der Waals surface area (Å²) in [6.07, 6.45) is 2.49. The van der Waals surface area contributed by atoms with E-state index in [0.29, 0.717) is 12.0 Å². The Morgan fingerprint density at radius 2 is 2.29 bits per heavy atom. The standard InChI is InChI=1S/C11H14O2S/c1-3-13-10(12)8-4-5-9(14-8)11(2)6-7-11/h4-5H,3,6-7H2,1-2H3. The summed E-state index contributed by atoms with van der Waals surface area (Å²) in [6.45, 7) is 4.52. The largest absolute Gasteiger partial charge is 0.462 e. The fourth-order valence-corrected chi connectivity index (χ4v) is 2.51. The summed E-state index contributed by atoms with van der Waals surface area (Å²) < 4.78 is 4.95. The third-order valence-corrected chi connectivity index (χ3v) is 4.05. The number of rotatable bonds is 3. The highest BCUT2D eigenvalue weighted by Gasteiger charge is 2.40. The van der Waals surface area contributed by atoms with Gasteiger partial charge in [0, 0.05) is 10.3 Å². The predicted molar refractivity (Wildman–Crippen MR) is 56.9 cm³/mol. The van der Waals surface area contributed by atoms with E-state index in [4.69, 9.17) is 4.74 Å². The summed E-state index contributed by atoms with van der Waals surface area (Å²) in [5.41, 5.74) is 0.357. The fourth-order valence-electron chi connectivity index (χ4n) is 1.41. The zero-order chi connectivity index (χ0) is 10.2. The van der Waals surface area contributed by atoms with Gasteiger partial charge in [0.1, 0.15) is 4.88 Å². The Labute approximate surface area is 87.9 Å². The van der Waals surface area contributed by atoms with Crippen molar-refractivity contribution in [3.05, 3.63) is 21.9 Å². The van der Waals surface area contributed by atoms with Crippen molar-refractivity contribution in [1.29, 1.82) is 0 Å². The van der Waals surface area contributed by atoms with Gasteiger partial charge in [-0.25, -0.2) is 4.79 Å². The van der Waals surface area contributed by atoms with Gasteiger partial charge in [-0.3, -0.25) is 0 Å². The normalized spacial score (nSPS) is 17.9. The molecular weight excluding hydrogens is 196 g/mol. The van der Waals surface area contributed by atoms with Crippen molar-refractivity contribution in [2.45, 2.75) is 32.1 Å². The average Bonchev–Trinajstić information content (AvgIpc) is 2.72. The Bertz CT molecular complexity index is 350. The number of ether oxygens (including phenoxy) is 1.